The van der Waals surface area contributed by atoms with Crippen molar-refractivity contribution in [1.29, 1.82) is 0 Å². The molecule has 150 valence electrons. The Morgan fingerprint density at radius 1 is 1.10 bits per heavy atom. The Bertz CT molecular complexity index is 1000. The zero-order valence-corrected chi connectivity index (χ0v) is 16.6. The van der Waals surface area contributed by atoms with Crippen LogP contribution in [0.4, 0.5) is 15.2 Å². The summed E-state index contributed by atoms with van der Waals surface area (Å²) in [4.78, 5) is 29.3. The molecule has 1 unspecified atom stereocenters. The average Bonchev–Trinajstić information content (AvgIpc) is 3.43. The molecule has 0 bridgehead atoms. The molecular weight excluding hydrogens is 393 g/mol. The lowest BCUT2D eigenvalue weighted by Crippen LogP contribution is -2.33. The van der Waals surface area contributed by atoms with Crippen molar-refractivity contribution in [2.24, 2.45) is 0 Å². The molecule has 10 heteroatoms. The van der Waals surface area contributed by atoms with Crippen molar-refractivity contribution in [3.63, 3.8) is 0 Å². The lowest BCUT2D eigenvalue weighted by Gasteiger charge is -2.27. The number of carbonyl (C=O) groups excluding carboxylic acids is 1. The van der Waals surface area contributed by atoms with Crippen LogP contribution in [0.3, 0.4) is 0 Å². The maximum Gasteiger partial charge on any atom is 0.262 e. The van der Waals surface area contributed by atoms with Gasteiger partial charge in [-0.25, -0.2) is 19.0 Å². The summed E-state index contributed by atoms with van der Waals surface area (Å²) in [5.74, 6) is 1.12. The minimum Gasteiger partial charge on any atom is -0.352 e. The predicted molar refractivity (Wildman–Crippen MR) is 107 cm³/mol. The first-order chi connectivity index (χ1) is 14.2. The van der Waals surface area contributed by atoms with Crippen LogP contribution in [0, 0.1) is 0 Å². The number of thiazole rings is 1. The number of rotatable bonds is 3. The van der Waals surface area contributed by atoms with Gasteiger partial charge in [0, 0.05) is 12.7 Å². The maximum atomic E-state index is 14.0. The van der Waals surface area contributed by atoms with E-state index in [0.717, 1.165) is 30.8 Å². The van der Waals surface area contributed by atoms with E-state index in [1.807, 2.05) is 4.90 Å². The zero-order valence-electron chi connectivity index (χ0n) is 15.7. The summed E-state index contributed by atoms with van der Waals surface area (Å²) >= 11 is 1.42. The summed E-state index contributed by atoms with van der Waals surface area (Å²) in [7, 11) is 0. The maximum absolute atomic E-state index is 14.0. The molecule has 0 radical (unpaired) electrons. The number of anilines is 2. The van der Waals surface area contributed by atoms with Gasteiger partial charge in [-0.1, -0.05) is 12.8 Å². The SMILES string of the molecule is O=C1c2cn(-c3cnc(N4CCCCCC(F)C4)cn3)nc2CN1c1cncs1. The van der Waals surface area contributed by atoms with Gasteiger partial charge >= 0.3 is 0 Å². The van der Waals surface area contributed by atoms with Gasteiger partial charge in [-0.2, -0.15) is 5.10 Å². The quantitative estimate of drug-likeness (QED) is 0.657. The second-order valence-corrected chi connectivity index (χ2v) is 8.16. The third-order valence-corrected chi connectivity index (χ3v) is 6.10. The van der Waals surface area contributed by atoms with Crippen molar-refractivity contribution in [2.45, 2.75) is 38.4 Å². The van der Waals surface area contributed by atoms with Gasteiger partial charge in [-0.15, -0.1) is 11.3 Å². The fourth-order valence-electron chi connectivity index (χ4n) is 3.78. The van der Waals surface area contributed by atoms with Crippen LogP contribution >= 0.6 is 11.3 Å². The molecule has 0 saturated carbocycles. The summed E-state index contributed by atoms with van der Waals surface area (Å²) in [6.07, 6.45) is 9.43. The smallest absolute Gasteiger partial charge is 0.262 e. The van der Waals surface area contributed by atoms with Gasteiger partial charge in [0.2, 0.25) is 0 Å². The van der Waals surface area contributed by atoms with Crippen LogP contribution in [0.1, 0.15) is 41.7 Å². The van der Waals surface area contributed by atoms with E-state index in [0.29, 0.717) is 42.4 Å². The molecule has 3 aromatic heterocycles. The van der Waals surface area contributed by atoms with Gasteiger partial charge in [0.1, 0.15) is 17.0 Å². The minimum atomic E-state index is -0.835. The molecule has 1 fully saturated rings. The average molecular weight is 413 g/mol. The van der Waals surface area contributed by atoms with Crippen LogP contribution < -0.4 is 9.80 Å². The number of nitrogens with zero attached hydrogens (tertiary/aromatic N) is 7. The molecule has 5 heterocycles. The molecule has 0 aliphatic carbocycles. The van der Waals surface area contributed by atoms with Crippen LogP contribution in [-0.4, -0.2) is 49.9 Å². The molecule has 1 atom stereocenters. The van der Waals surface area contributed by atoms with Gasteiger partial charge in [0.05, 0.1) is 48.4 Å². The van der Waals surface area contributed by atoms with E-state index in [-0.39, 0.29) is 5.91 Å². The molecule has 1 saturated heterocycles. The molecule has 29 heavy (non-hydrogen) atoms. The number of amides is 1. The first kappa shape index (κ1) is 18.2. The number of hydrogen-bond acceptors (Lipinski definition) is 7. The highest BCUT2D eigenvalue weighted by Gasteiger charge is 2.33. The van der Waals surface area contributed by atoms with Crippen molar-refractivity contribution < 1.29 is 9.18 Å². The van der Waals surface area contributed by atoms with Gasteiger partial charge in [-0.05, 0) is 12.8 Å². The summed E-state index contributed by atoms with van der Waals surface area (Å²) in [6.45, 7) is 1.55. The number of aromatic nitrogens is 5. The van der Waals surface area contributed by atoms with E-state index in [4.69, 9.17) is 0 Å². The monoisotopic (exact) mass is 413 g/mol. The van der Waals surface area contributed by atoms with Crippen molar-refractivity contribution in [1.82, 2.24) is 24.7 Å². The number of carbonyl (C=O) groups is 1. The lowest BCUT2D eigenvalue weighted by atomic mass is 10.1. The Morgan fingerprint density at radius 3 is 2.72 bits per heavy atom. The minimum absolute atomic E-state index is 0.0882. The Balaban J connectivity index is 1.34. The van der Waals surface area contributed by atoms with Crippen LogP contribution in [0.2, 0.25) is 0 Å². The molecule has 8 nitrogen and oxygen atoms in total. The summed E-state index contributed by atoms with van der Waals surface area (Å²) in [6, 6.07) is 0. The molecule has 0 aromatic carbocycles. The van der Waals surface area contributed by atoms with Crippen LogP contribution in [0.25, 0.3) is 5.82 Å². The van der Waals surface area contributed by atoms with Crippen LogP contribution in [0.15, 0.2) is 30.3 Å². The Kier molecular flexibility index (Phi) is 4.70. The van der Waals surface area contributed by atoms with Crippen molar-refractivity contribution in [3.8, 4) is 5.82 Å². The normalized spacial score (nSPS) is 19.9. The topological polar surface area (TPSA) is 80.0 Å². The van der Waals surface area contributed by atoms with Crippen LogP contribution in [0.5, 0.6) is 0 Å². The highest BCUT2D eigenvalue weighted by Crippen LogP contribution is 2.30. The van der Waals surface area contributed by atoms with E-state index in [1.54, 1.807) is 39.9 Å². The predicted octanol–water partition coefficient (Wildman–Crippen LogP) is 3.00. The number of fused-ring (bicyclic) bond motifs is 1. The second-order valence-electron chi connectivity index (χ2n) is 7.29. The second kappa shape index (κ2) is 7.51. The van der Waals surface area contributed by atoms with Crippen molar-refractivity contribution in [2.75, 3.05) is 22.9 Å². The lowest BCUT2D eigenvalue weighted by molar-refractivity contribution is 0.0997. The largest absolute Gasteiger partial charge is 0.352 e. The standard InChI is InChI=1S/C19H20FN7OS/c20-13-4-2-1-3-5-25(9-13)16-6-23-17(7-22-16)27-10-14-15(24-27)11-26(19(14)28)18-8-21-12-29-18/h6-8,10,12-13H,1-5,9,11H2. The van der Waals surface area contributed by atoms with Crippen molar-refractivity contribution in [3.05, 3.63) is 41.6 Å². The van der Waals surface area contributed by atoms with Crippen molar-refractivity contribution >= 4 is 28.1 Å². The molecule has 1 amide bonds. The van der Waals surface area contributed by atoms with E-state index >= 15 is 0 Å². The molecule has 0 spiro atoms. The Labute approximate surface area is 171 Å². The van der Waals surface area contributed by atoms with E-state index in [2.05, 4.69) is 20.1 Å². The Hall–Kier alpha value is -2.88. The third-order valence-electron chi connectivity index (χ3n) is 5.31. The van der Waals surface area contributed by atoms with Gasteiger partial charge < -0.3 is 4.90 Å². The van der Waals surface area contributed by atoms with E-state index in [9.17, 15) is 9.18 Å². The summed E-state index contributed by atoms with van der Waals surface area (Å²) in [5, 5.41) is 5.32. The highest BCUT2D eigenvalue weighted by atomic mass is 32.1. The van der Waals surface area contributed by atoms with Gasteiger partial charge in [0.15, 0.2) is 5.82 Å². The van der Waals surface area contributed by atoms with Crippen LogP contribution in [-0.2, 0) is 6.54 Å². The molecule has 2 aliphatic heterocycles. The Morgan fingerprint density at radius 2 is 1.97 bits per heavy atom. The number of halogens is 1. The van der Waals surface area contributed by atoms with Gasteiger partial charge in [-0.3, -0.25) is 14.7 Å². The highest BCUT2D eigenvalue weighted by molar-refractivity contribution is 7.14. The first-order valence-corrected chi connectivity index (χ1v) is 10.6. The number of hydrogen-bond donors (Lipinski definition) is 0. The fraction of sp³-hybridized carbons (Fsp3) is 0.421. The first-order valence-electron chi connectivity index (χ1n) is 9.69. The number of alkyl halides is 1. The van der Waals surface area contributed by atoms with E-state index in [1.165, 1.54) is 11.3 Å². The molecule has 0 N–H and O–H groups in total. The molecular formula is C19H20FN7OS. The fourth-order valence-corrected chi connectivity index (χ4v) is 4.41. The molecule has 3 aromatic rings. The zero-order chi connectivity index (χ0) is 19.8. The third kappa shape index (κ3) is 3.48. The van der Waals surface area contributed by atoms with Gasteiger partial charge in [0.25, 0.3) is 5.91 Å². The molecule has 5 rings (SSSR count). The summed E-state index contributed by atoms with van der Waals surface area (Å²) in [5.41, 5.74) is 2.97. The summed E-state index contributed by atoms with van der Waals surface area (Å²) < 4.78 is 15.6. The van der Waals surface area contributed by atoms with E-state index < -0.39 is 6.17 Å². The molecule has 2 aliphatic rings.